The lowest BCUT2D eigenvalue weighted by Crippen LogP contribution is -2.33. The van der Waals surface area contributed by atoms with Gasteiger partial charge in [-0.1, -0.05) is 6.07 Å². The van der Waals surface area contributed by atoms with Crippen LogP contribution >= 0.6 is 0 Å². The number of primary amides is 1. The van der Waals surface area contributed by atoms with E-state index in [1.807, 2.05) is 0 Å². The predicted octanol–water partition coefficient (Wildman–Crippen LogP) is -0.763. The van der Waals surface area contributed by atoms with Crippen LogP contribution in [0.2, 0.25) is 0 Å². The molecule has 2 rings (SSSR count). The van der Waals surface area contributed by atoms with E-state index in [-0.39, 0.29) is 6.61 Å². The Morgan fingerprint density at radius 2 is 2.12 bits per heavy atom. The quantitative estimate of drug-likeness (QED) is 0.598. The molecule has 0 spiro atoms. The van der Waals surface area contributed by atoms with E-state index in [0.717, 1.165) is 0 Å². The highest BCUT2D eigenvalue weighted by Crippen LogP contribution is 2.25. The maximum atomic E-state index is 11.2. The molecule has 0 saturated heterocycles. The average Bonchev–Trinajstić information content (AvgIpc) is 2.68. The van der Waals surface area contributed by atoms with Crippen molar-refractivity contribution in [3.63, 3.8) is 0 Å². The zero-order valence-corrected chi connectivity index (χ0v) is 8.79. The van der Waals surface area contributed by atoms with Crippen molar-refractivity contribution in [2.75, 3.05) is 0 Å². The van der Waals surface area contributed by atoms with Crippen LogP contribution in [-0.2, 0) is 16.1 Å². The van der Waals surface area contributed by atoms with Crippen molar-refractivity contribution in [1.82, 2.24) is 0 Å². The first-order valence-corrected chi connectivity index (χ1v) is 4.96. The monoisotopic (exact) mass is 237 g/mol. The summed E-state index contributed by atoms with van der Waals surface area (Å²) >= 11 is 0. The fraction of sp³-hybridized carbons (Fsp3) is 0.273. The van der Waals surface area contributed by atoms with Crippen molar-refractivity contribution < 1.29 is 24.5 Å². The Bertz CT molecular complexity index is 485. The fourth-order valence-corrected chi connectivity index (χ4v) is 1.68. The number of nitrogens with two attached hydrogens (primary N) is 1. The van der Waals surface area contributed by atoms with Crippen LogP contribution in [0.15, 0.2) is 18.2 Å². The van der Waals surface area contributed by atoms with Gasteiger partial charge in [0.05, 0.1) is 5.56 Å². The Labute approximate surface area is 96.6 Å². The Kier molecular flexibility index (Phi) is 2.83. The van der Waals surface area contributed by atoms with Gasteiger partial charge in [-0.3, -0.25) is 4.79 Å². The van der Waals surface area contributed by atoms with Gasteiger partial charge in [-0.25, -0.2) is 4.79 Å². The molecule has 90 valence electrons. The van der Waals surface area contributed by atoms with Gasteiger partial charge in [-0.2, -0.15) is 0 Å². The second-order valence-corrected chi connectivity index (χ2v) is 3.78. The van der Waals surface area contributed by atoms with Gasteiger partial charge in [0.15, 0.2) is 6.10 Å². The van der Waals surface area contributed by atoms with Crippen molar-refractivity contribution in [1.29, 1.82) is 0 Å². The first kappa shape index (κ1) is 11.6. The highest BCUT2D eigenvalue weighted by atomic mass is 16.5. The molecule has 1 aliphatic rings. The molecular weight excluding hydrogens is 226 g/mol. The third kappa shape index (κ3) is 2.00. The molecule has 1 heterocycles. The minimum Gasteiger partial charge on any atom is -0.457 e. The van der Waals surface area contributed by atoms with E-state index < -0.39 is 24.1 Å². The molecule has 1 aromatic rings. The van der Waals surface area contributed by atoms with E-state index in [1.165, 1.54) is 18.2 Å². The number of esters is 1. The van der Waals surface area contributed by atoms with Gasteiger partial charge in [-0.05, 0) is 17.7 Å². The third-order valence-corrected chi connectivity index (χ3v) is 2.64. The molecule has 6 nitrogen and oxygen atoms in total. The number of benzene rings is 1. The van der Waals surface area contributed by atoms with Crippen molar-refractivity contribution in [3.05, 3.63) is 34.9 Å². The molecule has 4 N–H and O–H groups in total. The summed E-state index contributed by atoms with van der Waals surface area (Å²) in [6.07, 6.45) is -3.08. The predicted molar refractivity (Wildman–Crippen MR) is 55.7 cm³/mol. The fourth-order valence-electron chi connectivity index (χ4n) is 1.68. The van der Waals surface area contributed by atoms with Gasteiger partial charge >= 0.3 is 5.97 Å². The lowest BCUT2D eigenvalue weighted by Gasteiger charge is -2.15. The molecule has 2 unspecified atom stereocenters. The van der Waals surface area contributed by atoms with Gasteiger partial charge < -0.3 is 20.7 Å². The van der Waals surface area contributed by atoms with Crippen molar-refractivity contribution in [3.8, 4) is 0 Å². The summed E-state index contributed by atoms with van der Waals surface area (Å²) in [6, 6.07) is 4.44. The topological polar surface area (TPSA) is 110 Å². The zero-order valence-electron chi connectivity index (χ0n) is 8.79. The number of rotatable bonds is 3. The van der Waals surface area contributed by atoms with E-state index in [0.29, 0.717) is 16.7 Å². The molecule has 17 heavy (non-hydrogen) atoms. The van der Waals surface area contributed by atoms with Crippen molar-refractivity contribution in [2.45, 2.75) is 18.8 Å². The van der Waals surface area contributed by atoms with E-state index in [1.54, 1.807) is 0 Å². The van der Waals surface area contributed by atoms with E-state index in [2.05, 4.69) is 0 Å². The summed E-state index contributed by atoms with van der Waals surface area (Å²) in [5.41, 5.74) is 6.23. The van der Waals surface area contributed by atoms with Crippen LogP contribution in [0, 0.1) is 0 Å². The van der Waals surface area contributed by atoms with Gasteiger partial charge in [0.1, 0.15) is 12.7 Å². The molecule has 0 bridgehead atoms. The Morgan fingerprint density at radius 1 is 1.41 bits per heavy atom. The maximum absolute atomic E-state index is 11.2. The Balaban J connectivity index is 2.29. The summed E-state index contributed by atoms with van der Waals surface area (Å²) in [5.74, 6) is -1.43. The molecule has 0 aromatic heterocycles. The number of hydrogen-bond acceptors (Lipinski definition) is 5. The molecule has 0 saturated carbocycles. The van der Waals surface area contributed by atoms with Gasteiger partial charge in [0, 0.05) is 5.56 Å². The summed E-state index contributed by atoms with van der Waals surface area (Å²) in [6.45, 7) is 0.126. The van der Waals surface area contributed by atoms with Gasteiger partial charge in [0.2, 0.25) is 5.91 Å². The minimum absolute atomic E-state index is 0.126. The number of aliphatic hydroxyl groups excluding tert-OH is 2. The SMILES string of the molecule is NC(=O)C(O)C(O)c1ccc2c(c1)COC2=O. The first-order valence-electron chi connectivity index (χ1n) is 4.96. The third-order valence-electron chi connectivity index (χ3n) is 2.64. The molecular formula is C11H11NO5. The van der Waals surface area contributed by atoms with Crippen molar-refractivity contribution >= 4 is 11.9 Å². The van der Waals surface area contributed by atoms with Gasteiger partial charge in [0.25, 0.3) is 0 Å². The van der Waals surface area contributed by atoms with Crippen LogP contribution in [0.1, 0.15) is 27.6 Å². The molecule has 0 aliphatic carbocycles. The number of carbonyl (C=O) groups excluding carboxylic acids is 2. The Morgan fingerprint density at radius 3 is 2.76 bits per heavy atom. The summed E-state index contributed by atoms with van der Waals surface area (Å²) in [4.78, 5) is 21.9. The highest BCUT2D eigenvalue weighted by molar-refractivity contribution is 5.93. The number of fused-ring (bicyclic) bond motifs is 1. The smallest absolute Gasteiger partial charge is 0.338 e. The summed E-state index contributed by atoms with van der Waals surface area (Å²) in [5, 5.41) is 19.0. The maximum Gasteiger partial charge on any atom is 0.338 e. The lowest BCUT2D eigenvalue weighted by atomic mass is 9.99. The van der Waals surface area contributed by atoms with Crippen LogP contribution in [0.3, 0.4) is 0 Å². The molecule has 0 radical (unpaired) electrons. The summed E-state index contributed by atoms with van der Waals surface area (Å²) < 4.78 is 4.79. The van der Waals surface area contributed by atoms with E-state index >= 15 is 0 Å². The number of hydrogen-bond donors (Lipinski definition) is 3. The molecule has 1 aliphatic heterocycles. The second-order valence-electron chi connectivity index (χ2n) is 3.78. The number of carbonyl (C=O) groups is 2. The number of ether oxygens (including phenoxy) is 1. The second kappa shape index (κ2) is 4.15. The molecule has 0 fully saturated rings. The number of aliphatic hydroxyl groups is 2. The minimum atomic E-state index is -1.67. The standard InChI is InChI=1S/C11H11NO5/c12-10(15)9(14)8(13)5-1-2-7-6(3-5)4-17-11(7)16/h1-3,8-9,13-14H,4H2,(H2,12,15). The van der Waals surface area contributed by atoms with E-state index in [9.17, 15) is 19.8 Å². The summed E-state index contributed by atoms with van der Waals surface area (Å²) in [7, 11) is 0. The van der Waals surface area contributed by atoms with Gasteiger partial charge in [-0.15, -0.1) is 0 Å². The Hall–Kier alpha value is -1.92. The van der Waals surface area contributed by atoms with Crippen LogP contribution in [0.4, 0.5) is 0 Å². The molecule has 1 aromatic carbocycles. The van der Waals surface area contributed by atoms with E-state index in [4.69, 9.17) is 10.5 Å². The number of amides is 1. The van der Waals surface area contributed by atoms with Crippen LogP contribution in [-0.4, -0.2) is 28.2 Å². The first-order chi connectivity index (χ1) is 8.00. The molecule has 1 amide bonds. The van der Waals surface area contributed by atoms with Crippen LogP contribution in [0.5, 0.6) is 0 Å². The molecule has 6 heteroatoms. The average molecular weight is 237 g/mol. The molecule has 2 atom stereocenters. The van der Waals surface area contributed by atoms with Crippen molar-refractivity contribution in [2.24, 2.45) is 5.73 Å². The lowest BCUT2D eigenvalue weighted by molar-refractivity contribution is -0.131. The normalized spacial score (nSPS) is 17.2. The van der Waals surface area contributed by atoms with Crippen LogP contribution in [0.25, 0.3) is 0 Å². The number of cyclic esters (lactones) is 1. The highest BCUT2D eigenvalue weighted by Gasteiger charge is 2.26. The zero-order chi connectivity index (χ0) is 12.6. The largest absolute Gasteiger partial charge is 0.457 e. The van der Waals surface area contributed by atoms with Crippen LogP contribution < -0.4 is 5.73 Å².